The highest BCUT2D eigenvalue weighted by Gasteiger charge is 2.29. The van der Waals surface area contributed by atoms with Crippen LogP contribution in [0.1, 0.15) is 81.3 Å². The van der Waals surface area contributed by atoms with Gasteiger partial charge in [0.15, 0.2) is 0 Å². The molecule has 0 aliphatic carbocycles. The largest absolute Gasteiger partial charge is 0.273 e. The van der Waals surface area contributed by atoms with Crippen LogP contribution in [0.4, 0.5) is 0 Å². The number of hydrogen-bond donors (Lipinski definition) is 1. The van der Waals surface area contributed by atoms with Gasteiger partial charge in [-0.1, -0.05) is 43.4 Å². The molecule has 0 atom stereocenters. The molecule has 4 heteroatoms. The third kappa shape index (κ3) is 6.34. The van der Waals surface area contributed by atoms with E-state index in [1.54, 1.807) is 0 Å². The van der Waals surface area contributed by atoms with Crippen molar-refractivity contribution in [3.8, 4) is 0 Å². The molecule has 0 aliphatic heterocycles. The third-order valence-corrected chi connectivity index (χ3v) is 3.84. The van der Waals surface area contributed by atoms with Gasteiger partial charge in [-0.25, -0.2) is 5.01 Å². The van der Waals surface area contributed by atoms with Gasteiger partial charge in [0.2, 0.25) is 5.91 Å². The van der Waals surface area contributed by atoms with Gasteiger partial charge in [0.1, 0.15) is 0 Å². The Balaban J connectivity index is 2.85. The SMILES string of the molecule is CCCCCCC(=O)NN(C(=O)c1cc(C)cc(C)c1)C(C)(C)C. The first-order valence-corrected chi connectivity index (χ1v) is 8.87. The first-order chi connectivity index (χ1) is 11.1. The summed E-state index contributed by atoms with van der Waals surface area (Å²) in [7, 11) is 0. The Morgan fingerprint density at radius 2 is 1.58 bits per heavy atom. The first kappa shape index (κ1) is 20.2. The molecule has 0 heterocycles. The fraction of sp³-hybridized carbons (Fsp3) is 0.600. The van der Waals surface area contributed by atoms with E-state index in [9.17, 15) is 9.59 Å². The lowest BCUT2D eigenvalue weighted by Crippen LogP contribution is -2.55. The normalized spacial score (nSPS) is 11.2. The zero-order valence-electron chi connectivity index (χ0n) is 16.0. The zero-order chi connectivity index (χ0) is 18.3. The minimum absolute atomic E-state index is 0.0984. The van der Waals surface area contributed by atoms with Gasteiger partial charge in [0.05, 0.1) is 5.54 Å². The number of hydrogen-bond acceptors (Lipinski definition) is 2. The molecule has 0 bridgehead atoms. The second kappa shape index (κ2) is 8.86. The summed E-state index contributed by atoms with van der Waals surface area (Å²) >= 11 is 0. The van der Waals surface area contributed by atoms with E-state index >= 15 is 0 Å². The Labute approximate surface area is 146 Å². The molecule has 1 N–H and O–H groups in total. The Kier molecular flexibility index (Phi) is 7.46. The zero-order valence-corrected chi connectivity index (χ0v) is 16.0. The van der Waals surface area contributed by atoms with E-state index in [2.05, 4.69) is 12.3 Å². The van der Waals surface area contributed by atoms with Gasteiger partial charge in [-0.05, 0) is 53.2 Å². The standard InChI is InChI=1S/C20H32N2O2/c1-7-8-9-10-11-18(23)21-22(20(4,5)6)19(24)17-13-15(2)12-16(3)14-17/h12-14H,7-11H2,1-6H3,(H,21,23). The monoisotopic (exact) mass is 332 g/mol. The van der Waals surface area contributed by atoms with E-state index in [0.29, 0.717) is 12.0 Å². The number of carbonyl (C=O) groups is 2. The fourth-order valence-electron chi connectivity index (χ4n) is 2.64. The van der Waals surface area contributed by atoms with Crippen LogP contribution < -0.4 is 5.43 Å². The maximum Gasteiger partial charge on any atom is 0.272 e. The van der Waals surface area contributed by atoms with Crippen LogP contribution in [0.5, 0.6) is 0 Å². The fourth-order valence-corrected chi connectivity index (χ4v) is 2.64. The molecule has 134 valence electrons. The minimum Gasteiger partial charge on any atom is -0.273 e. The summed E-state index contributed by atoms with van der Waals surface area (Å²) < 4.78 is 0. The predicted molar refractivity (Wildman–Crippen MR) is 98.7 cm³/mol. The molecule has 0 saturated heterocycles. The molecule has 24 heavy (non-hydrogen) atoms. The van der Waals surface area contributed by atoms with Gasteiger partial charge in [-0.3, -0.25) is 15.0 Å². The molecule has 4 nitrogen and oxygen atoms in total. The molecule has 2 amide bonds. The van der Waals surface area contributed by atoms with Crippen molar-refractivity contribution in [3.05, 3.63) is 34.9 Å². The maximum absolute atomic E-state index is 12.9. The highest BCUT2D eigenvalue weighted by molar-refractivity contribution is 5.96. The van der Waals surface area contributed by atoms with Crippen molar-refractivity contribution >= 4 is 11.8 Å². The van der Waals surface area contributed by atoms with Crippen LogP contribution in [0, 0.1) is 13.8 Å². The number of amides is 2. The smallest absolute Gasteiger partial charge is 0.272 e. The Morgan fingerprint density at radius 3 is 2.08 bits per heavy atom. The van der Waals surface area contributed by atoms with Crippen molar-refractivity contribution < 1.29 is 9.59 Å². The molecule has 1 aromatic carbocycles. The summed E-state index contributed by atoms with van der Waals surface area (Å²) in [6, 6.07) is 5.76. The van der Waals surface area contributed by atoms with Crippen molar-refractivity contribution in [2.75, 3.05) is 0 Å². The van der Waals surface area contributed by atoms with Gasteiger partial charge >= 0.3 is 0 Å². The molecule has 0 aromatic heterocycles. The van der Waals surface area contributed by atoms with Gasteiger partial charge < -0.3 is 0 Å². The number of hydrazine groups is 1. The van der Waals surface area contributed by atoms with Crippen LogP contribution in [0.2, 0.25) is 0 Å². The molecule has 0 saturated carbocycles. The van der Waals surface area contributed by atoms with E-state index in [1.807, 2.05) is 52.8 Å². The average Bonchev–Trinajstić information content (AvgIpc) is 2.46. The minimum atomic E-state index is -0.492. The summed E-state index contributed by atoms with van der Waals surface area (Å²) in [6.45, 7) is 11.8. The second-order valence-electron chi connectivity index (χ2n) is 7.53. The summed E-state index contributed by atoms with van der Waals surface area (Å²) in [5.74, 6) is -0.269. The number of carbonyl (C=O) groups excluding carboxylic acids is 2. The van der Waals surface area contributed by atoms with E-state index < -0.39 is 5.54 Å². The average molecular weight is 332 g/mol. The lowest BCUT2D eigenvalue weighted by molar-refractivity contribution is -0.127. The second-order valence-corrected chi connectivity index (χ2v) is 7.53. The summed E-state index contributed by atoms with van der Waals surface area (Å²) in [6.07, 6.45) is 4.63. The van der Waals surface area contributed by atoms with Crippen LogP contribution >= 0.6 is 0 Å². The molecule has 0 fully saturated rings. The molecular formula is C20H32N2O2. The van der Waals surface area contributed by atoms with Crippen molar-refractivity contribution in [1.82, 2.24) is 10.4 Å². The summed E-state index contributed by atoms with van der Waals surface area (Å²) in [4.78, 5) is 25.1. The van der Waals surface area contributed by atoms with E-state index in [1.165, 1.54) is 5.01 Å². The van der Waals surface area contributed by atoms with Crippen molar-refractivity contribution in [1.29, 1.82) is 0 Å². The third-order valence-electron chi connectivity index (χ3n) is 3.84. The highest BCUT2D eigenvalue weighted by Crippen LogP contribution is 2.17. The lowest BCUT2D eigenvalue weighted by Gasteiger charge is -2.35. The Morgan fingerprint density at radius 1 is 1.00 bits per heavy atom. The molecule has 0 spiro atoms. The number of benzene rings is 1. The van der Waals surface area contributed by atoms with Crippen molar-refractivity contribution in [3.63, 3.8) is 0 Å². The van der Waals surface area contributed by atoms with Crippen molar-refractivity contribution in [2.45, 2.75) is 79.2 Å². The van der Waals surface area contributed by atoms with Gasteiger partial charge in [0, 0.05) is 12.0 Å². The molecule has 0 unspecified atom stereocenters. The predicted octanol–water partition coefficient (Wildman–Crippen LogP) is 4.55. The number of nitrogens with zero attached hydrogens (tertiary/aromatic N) is 1. The van der Waals surface area contributed by atoms with Crippen LogP contribution in [0.3, 0.4) is 0 Å². The van der Waals surface area contributed by atoms with E-state index in [0.717, 1.165) is 36.8 Å². The van der Waals surface area contributed by atoms with E-state index in [4.69, 9.17) is 0 Å². The number of unbranched alkanes of at least 4 members (excludes halogenated alkanes) is 3. The molecule has 1 rings (SSSR count). The van der Waals surface area contributed by atoms with Crippen LogP contribution in [0.25, 0.3) is 0 Å². The summed E-state index contributed by atoms with van der Waals surface area (Å²) in [5.41, 5.74) is 5.01. The van der Waals surface area contributed by atoms with Crippen LogP contribution in [-0.4, -0.2) is 22.4 Å². The quantitative estimate of drug-likeness (QED) is 0.614. The molecule has 1 aromatic rings. The van der Waals surface area contributed by atoms with Gasteiger partial charge in [-0.15, -0.1) is 0 Å². The number of nitrogens with one attached hydrogen (secondary N) is 1. The molecule has 0 radical (unpaired) electrons. The van der Waals surface area contributed by atoms with Crippen molar-refractivity contribution in [2.24, 2.45) is 0 Å². The molecule has 0 aliphatic rings. The highest BCUT2D eigenvalue weighted by atomic mass is 16.2. The topological polar surface area (TPSA) is 49.4 Å². The van der Waals surface area contributed by atoms with Crippen LogP contribution in [0.15, 0.2) is 18.2 Å². The Bertz CT molecular complexity index is 553. The van der Waals surface area contributed by atoms with Gasteiger partial charge in [-0.2, -0.15) is 0 Å². The number of aryl methyl sites for hydroxylation is 2. The van der Waals surface area contributed by atoms with Crippen LogP contribution in [-0.2, 0) is 4.79 Å². The lowest BCUT2D eigenvalue weighted by atomic mass is 10.0. The summed E-state index contributed by atoms with van der Waals surface area (Å²) in [5, 5.41) is 1.46. The number of rotatable bonds is 6. The first-order valence-electron chi connectivity index (χ1n) is 8.87. The molecular weight excluding hydrogens is 300 g/mol. The van der Waals surface area contributed by atoms with Gasteiger partial charge in [0.25, 0.3) is 5.91 Å². The van der Waals surface area contributed by atoms with E-state index in [-0.39, 0.29) is 11.8 Å². The maximum atomic E-state index is 12.9. The Hall–Kier alpha value is -1.84.